The van der Waals surface area contributed by atoms with Crippen LogP contribution in [0.4, 0.5) is 8.78 Å². The minimum atomic E-state index is -1.48. The van der Waals surface area contributed by atoms with Gasteiger partial charge in [-0.05, 0) is 76.6 Å². The fourth-order valence-electron chi connectivity index (χ4n) is 6.20. The number of carbonyl (C=O) groups is 2. The molecule has 0 bridgehead atoms. The molecule has 1 unspecified atom stereocenters. The number of carbonyl (C=O) groups excluding carboxylic acids is 2. The van der Waals surface area contributed by atoms with E-state index in [1.54, 1.807) is 24.0 Å². The zero-order valence-corrected chi connectivity index (χ0v) is 26.3. The molecule has 0 heterocycles. The molecule has 0 fully saturated rings. The summed E-state index contributed by atoms with van der Waals surface area (Å²) in [6, 6.07) is 11.2. The molecule has 6 nitrogen and oxygen atoms in total. The summed E-state index contributed by atoms with van der Waals surface area (Å²) in [5.41, 5.74) is 7.62. The summed E-state index contributed by atoms with van der Waals surface area (Å²) in [6.45, 7) is 13.0. The first-order valence-corrected chi connectivity index (χ1v) is 15.2. The molecular weight excluding hydrogens is 548 g/mol. The number of nitrogens with two attached hydrogens (primary N) is 1. The first kappa shape index (κ1) is 34.1. The van der Waals surface area contributed by atoms with Gasteiger partial charge in [0.05, 0.1) is 11.5 Å². The monoisotopic (exact) mass is 595 g/mol. The highest BCUT2D eigenvalue weighted by molar-refractivity contribution is 5.97. The third-order valence-corrected chi connectivity index (χ3v) is 8.37. The number of aliphatic hydroxyl groups excluding tert-OH is 1. The topological polar surface area (TPSA) is 95.7 Å². The average Bonchev–Trinajstić information content (AvgIpc) is 2.93. The van der Waals surface area contributed by atoms with Crippen LogP contribution in [0, 0.1) is 29.9 Å². The lowest BCUT2D eigenvalue weighted by molar-refractivity contribution is -0.132. The Kier molecular flexibility index (Phi) is 11.4. The highest BCUT2D eigenvalue weighted by atomic mass is 19.1. The highest BCUT2D eigenvalue weighted by Gasteiger charge is 2.48. The molecule has 2 amide bonds. The Morgan fingerprint density at radius 2 is 1.70 bits per heavy atom. The van der Waals surface area contributed by atoms with E-state index in [0.717, 1.165) is 30.0 Å². The fourth-order valence-corrected chi connectivity index (χ4v) is 6.20. The standard InChI is InChI=1S/C35H47F2N3O3/c1-7-12-40(13-8-2)32(42)26-14-24(4)20-35(21-26,33(38)43)30(18-25-16-28(36)19-29(37)17-25)31(41)22-39-34(5,6)27-11-9-10-23(3)15-27/h9-11,14-17,19-20,30-31,39,41H,7-8,12-13,18,21-22H2,1-6H3,(H2,38,43)/t30-,31+,35?/m1/s1. The van der Waals surface area contributed by atoms with Crippen LogP contribution in [0.15, 0.2) is 65.8 Å². The Morgan fingerprint density at radius 1 is 1.07 bits per heavy atom. The molecule has 0 saturated carbocycles. The van der Waals surface area contributed by atoms with Gasteiger partial charge in [0.1, 0.15) is 11.6 Å². The van der Waals surface area contributed by atoms with E-state index >= 15 is 0 Å². The van der Waals surface area contributed by atoms with Crippen LogP contribution in [0.5, 0.6) is 0 Å². The normalized spacial score (nSPS) is 18.4. The third-order valence-electron chi connectivity index (χ3n) is 8.37. The van der Waals surface area contributed by atoms with Gasteiger partial charge in [0.2, 0.25) is 11.8 Å². The largest absolute Gasteiger partial charge is 0.391 e. The number of nitrogens with one attached hydrogen (secondary N) is 1. The van der Waals surface area contributed by atoms with Crippen LogP contribution in [0.25, 0.3) is 0 Å². The summed E-state index contributed by atoms with van der Waals surface area (Å²) in [4.78, 5) is 29.0. The molecule has 2 aromatic rings. The summed E-state index contributed by atoms with van der Waals surface area (Å²) >= 11 is 0. The van der Waals surface area contributed by atoms with E-state index in [-0.39, 0.29) is 30.9 Å². The lowest BCUT2D eigenvalue weighted by Gasteiger charge is -2.42. The SMILES string of the molecule is CCCN(CCC)C(=O)C1=CC(C)=CC(C(N)=O)([C@H](Cc2cc(F)cc(F)c2)[C@@H](O)CNC(C)(C)c2cccc(C)c2)C1. The zero-order chi connectivity index (χ0) is 31.9. The van der Waals surface area contributed by atoms with Crippen molar-refractivity contribution in [1.29, 1.82) is 0 Å². The van der Waals surface area contributed by atoms with Crippen molar-refractivity contribution in [3.63, 3.8) is 0 Å². The number of allylic oxidation sites excluding steroid dienone is 2. The molecular formula is C35H47F2N3O3. The van der Waals surface area contributed by atoms with Crippen LogP contribution in [0.1, 0.15) is 70.6 Å². The Hall–Kier alpha value is -3.36. The van der Waals surface area contributed by atoms with Gasteiger partial charge < -0.3 is 21.1 Å². The first-order valence-electron chi connectivity index (χ1n) is 15.2. The number of amides is 2. The first-order chi connectivity index (χ1) is 20.2. The van der Waals surface area contributed by atoms with E-state index < -0.39 is 40.5 Å². The van der Waals surface area contributed by atoms with E-state index in [4.69, 9.17) is 5.73 Å². The molecule has 8 heteroatoms. The van der Waals surface area contributed by atoms with Crippen molar-refractivity contribution in [2.45, 2.75) is 78.9 Å². The van der Waals surface area contributed by atoms with Gasteiger partial charge in [-0.2, -0.15) is 0 Å². The summed E-state index contributed by atoms with van der Waals surface area (Å²) in [5.74, 6) is -3.29. The van der Waals surface area contributed by atoms with E-state index in [1.807, 2.05) is 52.8 Å². The van der Waals surface area contributed by atoms with Gasteiger partial charge in [-0.1, -0.05) is 61.4 Å². The number of aryl methyl sites for hydroxylation is 1. The van der Waals surface area contributed by atoms with Gasteiger partial charge in [-0.3, -0.25) is 9.59 Å². The summed E-state index contributed by atoms with van der Waals surface area (Å²) < 4.78 is 28.6. The Balaban J connectivity index is 2.04. The summed E-state index contributed by atoms with van der Waals surface area (Å²) in [5, 5.41) is 15.2. The van der Waals surface area contributed by atoms with Crippen molar-refractivity contribution in [3.8, 4) is 0 Å². The van der Waals surface area contributed by atoms with E-state index in [2.05, 4.69) is 11.4 Å². The maximum Gasteiger partial charge on any atom is 0.249 e. The smallest absolute Gasteiger partial charge is 0.249 e. The van der Waals surface area contributed by atoms with E-state index in [9.17, 15) is 23.5 Å². The van der Waals surface area contributed by atoms with Crippen molar-refractivity contribution < 1.29 is 23.5 Å². The summed E-state index contributed by atoms with van der Waals surface area (Å²) in [7, 11) is 0. The highest BCUT2D eigenvalue weighted by Crippen LogP contribution is 2.44. The van der Waals surface area contributed by atoms with E-state index in [0.29, 0.717) is 24.2 Å². The quantitative estimate of drug-likeness (QED) is 0.261. The molecule has 0 aromatic heterocycles. The van der Waals surface area contributed by atoms with Crippen LogP contribution < -0.4 is 11.1 Å². The second-order valence-corrected chi connectivity index (χ2v) is 12.5. The van der Waals surface area contributed by atoms with Gasteiger partial charge in [0.25, 0.3) is 0 Å². The fraction of sp³-hybridized carbons (Fsp3) is 0.486. The molecule has 0 radical (unpaired) electrons. The Bertz CT molecular complexity index is 1340. The number of benzene rings is 2. The number of primary amides is 1. The van der Waals surface area contributed by atoms with Gasteiger partial charge in [-0.15, -0.1) is 0 Å². The van der Waals surface area contributed by atoms with Crippen LogP contribution in [0.3, 0.4) is 0 Å². The second kappa shape index (κ2) is 14.4. The molecule has 3 atom stereocenters. The molecule has 0 aliphatic heterocycles. The maximum atomic E-state index is 14.3. The number of aliphatic hydroxyl groups is 1. The molecule has 234 valence electrons. The minimum absolute atomic E-state index is 0.0246. The summed E-state index contributed by atoms with van der Waals surface area (Å²) in [6.07, 6.45) is 3.82. The van der Waals surface area contributed by atoms with Gasteiger partial charge in [0.15, 0.2) is 0 Å². The van der Waals surface area contributed by atoms with Gasteiger partial charge >= 0.3 is 0 Å². The van der Waals surface area contributed by atoms with E-state index in [1.165, 1.54) is 12.1 Å². The number of halogens is 2. The number of hydrogen-bond acceptors (Lipinski definition) is 4. The van der Waals surface area contributed by atoms with Crippen LogP contribution in [-0.2, 0) is 21.5 Å². The van der Waals surface area contributed by atoms with Crippen molar-refractivity contribution in [3.05, 3.63) is 94.1 Å². The lowest BCUT2D eigenvalue weighted by Crippen LogP contribution is -2.53. The predicted molar refractivity (Wildman–Crippen MR) is 167 cm³/mol. The Morgan fingerprint density at radius 3 is 2.26 bits per heavy atom. The molecule has 0 spiro atoms. The van der Waals surface area contributed by atoms with Crippen LogP contribution in [-0.4, -0.2) is 47.6 Å². The number of nitrogens with zero attached hydrogens (tertiary/aromatic N) is 1. The number of hydrogen-bond donors (Lipinski definition) is 3. The molecule has 43 heavy (non-hydrogen) atoms. The van der Waals surface area contributed by atoms with Gasteiger partial charge in [0, 0.05) is 42.7 Å². The molecule has 0 saturated heterocycles. The van der Waals surface area contributed by atoms with Crippen molar-refractivity contribution >= 4 is 11.8 Å². The zero-order valence-electron chi connectivity index (χ0n) is 26.3. The molecule has 1 aliphatic rings. The molecule has 1 aliphatic carbocycles. The minimum Gasteiger partial charge on any atom is -0.391 e. The third kappa shape index (κ3) is 8.39. The lowest BCUT2D eigenvalue weighted by atomic mass is 9.63. The molecule has 3 rings (SSSR count). The van der Waals surface area contributed by atoms with Crippen molar-refractivity contribution in [2.75, 3.05) is 19.6 Å². The maximum absolute atomic E-state index is 14.3. The average molecular weight is 596 g/mol. The van der Waals surface area contributed by atoms with Crippen LogP contribution >= 0.6 is 0 Å². The number of rotatable bonds is 14. The van der Waals surface area contributed by atoms with Crippen molar-refractivity contribution in [2.24, 2.45) is 17.1 Å². The van der Waals surface area contributed by atoms with Crippen molar-refractivity contribution in [1.82, 2.24) is 10.2 Å². The predicted octanol–water partition coefficient (Wildman–Crippen LogP) is 5.71. The molecule has 4 N–H and O–H groups in total. The second-order valence-electron chi connectivity index (χ2n) is 12.5. The molecule has 2 aromatic carbocycles. The van der Waals surface area contributed by atoms with Crippen LogP contribution in [0.2, 0.25) is 0 Å². The Labute approximate surface area is 255 Å². The van der Waals surface area contributed by atoms with Gasteiger partial charge in [-0.25, -0.2) is 8.78 Å².